The lowest BCUT2D eigenvalue weighted by atomic mass is 10.2. The third-order valence-electron chi connectivity index (χ3n) is 2.76. The van der Waals surface area contributed by atoms with Crippen LogP contribution in [-0.2, 0) is 0 Å². The van der Waals surface area contributed by atoms with Gasteiger partial charge in [-0.1, -0.05) is 6.07 Å². The van der Waals surface area contributed by atoms with E-state index in [1.54, 1.807) is 6.07 Å². The number of ether oxygens (including phenoxy) is 2. The van der Waals surface area contributed by atoms with Gasteiger partial charge in [-0.2, -0.15) is 0 Å². The van der Waals surface area contributed by atoms with Crippen molar-refractivity contribution in [3.05, 3.63) is 53.6 Å². The van der Waals surface area contributed by atoms with E-state index < -0.39 is 11.6 Å². The highest BCUT2D eigenvalue weighted by atomic mass is 19.2. The van der Waals surface area contributed by atoms with Crippen LogP contribution in [0.15, 0.2) is 36.4 Å². The van der Waals surface area contributed by atoms with Crippen LogP contribution in [0.25, 0.3) is 0 Å². The smallest absolute Gasteiger partial charge is 0.162 e. The van der Waals surface area contributed by atoms with Gasteiger partial charge < -0.3 is 15.2 Å². The summed E-state index contributed by atoms with van der Waals surface area (Å²) in [7, 11) is 0. The monoisotopic (exact) mass is 279 g/mol. The van der Waals surface area contributed by atoms with Gasteiger partial charge in [0, 0.05) is 17.8 Å². The zero-order valence-electron chi connectivity index (χ0n) is 11.0. The van der Waals surface area contributed by atoms with Crippen LogP contribution in [0.3, 0.4) is 0 Å². The average Bonchev–Trinajstić information content (AvgIpc) is 2.42. The van der Waals surface area contributed by atoms with Crippen molar-refractivity contribution in [2.24, 2.45) is 0 Å². The maximum Gasteiger partial charge on any atom is 0.162 e. The van der Waals surface area contributed by atoms with Gasteiger partial charge in [0.15, 0.2) is 11.6 Å². The summed E-state index contributed by atoms with van der Waals surface area (Å²) in [5.41, 5.74) is 7.40. The number of rotatable bonds is 5. The van der Waals surface area contributed by atoms with Crippen LogP contribution in [0.5, 0.6) is 11.5 Å². The molecule has 0 aliphatic carbocycles. The first kappa shape index (κ1) is 14.1. The Morgan fingerprint density at radius 3 is 2.10 bits per heavy atom. The standard InChI is InChI=1S/C15H15F2NO2/c1-10-2-3-12(9-15(10)18)20-7-6-19-11-4-5-13(16)14(17)8-11/h2-5,8-9H,6-7,18H2,1H3. The maximum atomic E-state index is 12.9. The molecule has 20 heavy (non-hydrogen) atoms. The Morgan fingerprint density at radius 1 is 0.900 bits per heavy atom. The molecular weight excluding hydrogens is 264 g/mol. The normalized spacial score (nSPS) is 10.3. The van der Waals surface area contributed by atoms with E-state index in [1.807, 2.05) is 19.1 Å². The minimum atomic E-state index is -0.935. The van der Waals surface area contributed by atoms with Gasteiger partial charge in [0.05, 0.1) is 0 Å². The van der Waals surface area contributed by atoms with Crippen LogP contribution >= 0.6 is 0 Å². The van der Waals surface area contributed by atoms with Crippen LogP contribution in [0.2, 0.25) is 0 Å². The van der Waals surface area contributed by atoms with Crippen molar-refractivity contribution in [2.45, 2.75) is 6.92 Å². The molecule has 0 aromatic heterocycles. The van der Waals surface area contributed by atoms with Gasteiger partial charge in [-0.05, 0) is 30.7 Å². The number of nitrogen functional groups attached to an aromatic ring is 1. The molecule has 0 heterocycles. The second-order valence-electron chi connectivity index (χ2n) is 4.29. The fraction of sp³-hybridized carbons (Fsp3) is 0.200. The highest BCUT2D eigenvalue weighted by Crippen LogP contribution is 2.19. The lowest BCUT2D eigenvalue weighted by Crippen LogP contribution is -2.09. The zero-order chi connectivity index (χ0) is 14.5. The van der Waals surface area contributed by atoms with E-state index in [0.717, 1.165) is 17.7 Å². The Hall–Kier alpha value is -2.30. The van der Waals surface area contributed by atoms with E-state index in [0.29, 0.717) is 11.4 Å². The summed E-state index contributed by atoms with van der Waals surface area (Å²) in [6, 6.07) is 8.78. The second-order valence-corrected chi connectivity index (χ2v) is 4.29. The highest BCUT2D eigenvalue weighted by Gasteiger charge is 2.03. The van der Waals surface area contributed by atoms with E-state index in [1.165, 1.54) is 6.07 Å². The molecule has 0 saturated heterocycles. The molecule has 0 bridgehead atoms. The molecule has 0 amide bonds. The van der Waals surface area contributed by atoms with Gasteiger partial charge in [0.1, 0.15) is 24.7 Å². The van der Waals surface area contributed by atoms with Crippen LogP contribution in [0.4, 0.5) is 14.5 Å². The molecule has 2 N–H and O–H groups in total. The first-order chi connectivity index (χ1) is 9.56. The van der Waals surface area contributed by atoms with Crippen molar-refractivity contribution in [1.29, 1.82) is 0 Å². The number of benzene rings is 2. The third kappa shape index (κ3) is 3.60. The van der Waals surface area contributed by atoms with Gasteiger partial charge in [0.25, 0.3) is 0 Å². The average molecular weight is 279 g/mol. The SMILES string of the molecule is Cc1ccc(OCCOc2ccc(F)c(F)c2)cc1N. The summed E-state index contributed by atoms with van der Waals surface area (Å²) < 4.78 is 36.3. The molecule has 0 aliphatic heterocycles. The molecule has 2 aromatic rings. The molecule has 0 radical (unpaired) electrons. The van der Waals surface area contributed by atoms with Crippen molar-refractivity contribution in [1.82, 2.24) is 0 Å². The lowest BCUT2D eigenvalue weighted by molar-refractivity contribution is 0.216. The Kier molecular flexibility index (Phi) is 4.40. The molecule has 0 aliphatic rings. The predicted molar refractivity (Wildman–Crippen MR) is 72.9 cm³/mol. The van der Waals surface area contributed by atoms with Crippen molar-refractivity contribution in [3.8, 4) is 11.5 Å². The number of nitrogens with two attached hydrogens (primary N) is 1. The Bertz CT molecular complexity index is 549. The minimum Gasteiger partial charge on any atom is -0.490 e. The van der Waals surface area contributed by atoms with E-state index in [4.69, 9.17) is 15.2 Å². The molecule has 3 nitrogen and oxygen atoms in total. The second kappa shape index (κ2) is 6.23. The van der Waals surface area contributed by atoms with E-state index in [-0.39, 0.29) is 19.0 Å². The number of hydrogen-bond acceptors (Lipinski definition) is 3. The molecule has 0 fully saturated rings. The quantitative estimate of drug-likeness (QED) is 0.674. The first-order valence-electron chi connectivity index (χ1n) is 6.13. The molecule has 0 spiro atoms. The van der Waals surface area contributed by atoms with Gasteiger partial charge in [-0.15, -0.1) is 0 Å². The van der Waals surface area contributed by atoms with Gasteiger partial charge in [-0.3, -0.25) is 0 Å². The summed E-state index contributed by atoms with van der Waals surface area (Å²) in [5.74, 6) is -0.934. The summed E-state index contributed by atoms with van der Waals surface area (Å²) in [6.07, 6.45) is 0. The molecular formula is C15H15F2NO2. The zero-order valence-corrected chi connectivity index (χ0v) is 11.0. The Labute approximate surface area is 115 Å². The maximum absolute atomic E-state index is 12.9. The fourth-order valence-electron chi connectivity index (χ4n) is 1.59. The van der Waals surface area contributed by atoms with E-state index in [2.05, 4.69) is 0 Å². The molecule has 0 atom stereocenters. The molecule has 106 valence electrons. The van der Waals surface area contributed by atoms with E-state index >= 15 is 0 Å². The van der Waals surface area contributed by atoms with Crippen molar-refractivity contribution in [3.63, 3.8) is 0 Å². The topological polar surface area (TPSA) is 44.5 Å². The Morgan fingerprint density at radius 2 is 1.50 bits per heavy atom. The first-order valence-corrected chi connectivity index (χ1v) is 6.13. The van der Waals surface area contributed by atoms with Crippen LogP contribution in [0, 0.1) is 18.6 Å². The largest absolute Gasteiger partial charge is 0.490 e. The molecule has 5 heteroatoms. The highest BCUT2D eigenvalue weighted by molar-refractivity contribution is 5.50. The van der Waals surface area contributed by atoms with Crippen molar-refractivity contribution >= 4 is 5.69 Å². The van der Waals surface area contributed by atoms with Crippen molar-refractivity contribution < 1.29 is 18.3 Å². The summed E-state index contributed by atoms with van der Waals surface area (Å²) >= 11 is 0. The van der Waals surface area contributed by atoms with E-state index in [9.17, 15) is 8.78 Å². The Balaban J connectivity index is 1.81. The third-order valence-corrected chi connectivity index (χ3v) is 2.76. The van der Waals surface area contributed by atoms with Gasteiger partial charge in [-0.25, -0.2) is 8.78 Å². The number of hydrogen-bond donors (Lipinski definition) is 1. The fourth-order valence-corrected chi connectivity index (χ4v) is 1.59. The van der Waals surface area contributed by atoms with Gasteiger partial charge >= 0.3 is 0 Å². The molecule has 2 aromatic carbocycles. The summed E-state index contributed by atoms with van der Waals surface area (Å²) in [4.78, 5) is 0. The van der Waals surface area contributed by atoms with Crippen molar-refractivity contribution in [2.75, 3.05) is 18.9 Å². The minimum absolute atomic E-state index is 0.221. The lowest BCUT2D eigenvalue weighted by Gasteiger charge is -2.09. The van der Waals surface area contributed by atoms with Crippen LogP contribution in [-0.4, -0.2) is 13.2 Å². The summed E-state index contributed by atoms with van der Waals surface area (Å²) in [5, 5.41) is 0. The molecule has 0 saturated carbocycles. The molecule has 2 rings (SSSR count). The van der Waals surface area contributed by atoms with Crippen LogP contribution < -0.4 is 15.2 Å². The number of anilines is 1. The molecule has 0 unspecified atom stereocenters. The number of halogens is 2. The summed E-state index contributed by atoms with van der Waals surface area (Å²) in [6.45, 7) is 2.41. The van der Waals surface area contributed by atoms with Gasteiger partial charge in [0.2, 0.25) is 0 Å². The van der Waals surface area contributed by atoms with Crippen LogP contribution in [0.1, 0.15) is 5.56 Å². The number of aryl methyl sites for hydroxylation is 1. The predicted octanol–water partition coefficient (Wildman–Crippen LogP) is 3.31.